The Balaban J connectivity index is 3.19. The molecule has 0 fully saturated rings. The summed E-state index contributed by atoms with van der Waals surface area (Å²) in [5.74, 6) is -1.84. The van der Waals surface area contributed by atoms with Gasteiger partial charge in [0.15, 0.2) is 0 Å². The van der Waals surface area contributed by atoms with Crippen molar-refractivity contribution in [3.8, 4) is 0 Å². The predicted octanol–water partition coefficient (Wildman–Crippen LogP) is 1.40. The monoisotopic (exact) mass is 296 g/mol. The van der Waals surface area contributed by atoms with E-state index in [4.69, 9.17) is 9.84 Å². The van der Waals surface area contributed by atoms with E-state index in [9.17, 15) is 19.7 Å². The van der Waals surface area contributed by atoms with E-state index in [1.807, 2.05) is 0 Å². The summed E-state index contributed by atoms with van der Waals surface area (Å²) < 4.78 is 4.94. The van der Waals surface area contributed by atoms with Crippen molar-refractivity contribution in [2.45, 2.75) is 13.0 Å². The minimum atomic E-state index is -1.33. The Kier molecular flexibility index (Phi) is 5.37. The zero-order valence-electron chi connectivity index (χ0n) is 11.9. The molecule has 0 radical (unpaired) electrons. The van der Waals surface area contributed by atoms with E-state index in [0.29, 0.717) is 6.61 Å². The van der Waals surface area contributed by atoms with Crippen LogP contribution in [0.15, 0.2) is 18.2 Å². The summed E-state index contributed by atoms with van der Waals surface area (Å²) in [6.45, 7) is 2.04. The average molecular weight is 296 g/mol. The second-order valence-corrected chi connectivity index (χ2v) is 4.55. The third-order valence-electron chi connectivity index (χ3n) is 3.01. The van der Waals surface area contributed by atoms with Crippen LogP contribution in [-0.4, -0.2) is 53.6 Å². The number of carboxylic acid groups (broad SMARTS) is 1. The number of carbonyl (C=O) groups is 2. The SMILES string of the molecule is COCC(C)N(C)C(=O)c1cc(C(=O)O)cc([N+](=O)[O-])c1. The minimum absolute atomic E-state index is 0.0490. The van der Waals surface area contributed by atoms with Gasteiger partial charge in [-0.3, -0.25) is 14.9 Å². The minimum Gasteiger partial charge on any atom is -0.478 e. The zero-order chi connectivity index (χ0) is 16.2. The van der Waals surface area contributed by atoms with Gasteiger partial charge in [-0.2, -0.15) is 0 Å². The second-order valence-electron chi connectivity index (χ2n) is 4.55. The molecule has 0 aliphatic rings. The van der Waals surface area contributed by atoms with Gasteiger partial charge in [0, 0.05) is 31.9 Å². The van der Waals surface area contributed by atoms with Crippen molar-refractivity contribution in [1.29, 1.82) is 0 Å². The maximum absolute atomic E-state index is 12.3. The first-order valence-corrected chi connectivity index (χ1v) is 6.06. The fourth-order valence-electron chi connectivity index (χ4n) is 1.72. The number of likely N-dealkylation sites (N-methyl/N-ethyl adjacent to an activating group) is 1. The normalized spacial score (nSPS) is 11.8. The first-order valence-electron chi connectivity index (χ1n) is 6.06. The number of benzene rings is 1. The van der Waals surface area contributed by atoms with Crippen molar-refractivity contribution >= 4 is 17.6 Å². The van der Waals surface area contributed by atoms with Gasteiger partial charge in [-0.25, -0.2) is 4.79 Å². The summed E-state index contributed by atoms with van der Waals surface area (Å²) in [5, 5.41) is 19.8. The highest BCUT2D eigenvalue weighted by atomic mass is 16.6. The Morgan fingerprint density at radius 1 is 1.38 bits per heavy atom. The van der Waals surface area contributed by atoms with Crippen LogP contribution in [0.4, 0.5) is 5.69 Å². The highest BCUT2D eigenvalue weighted by Gasteiger charge is 2.22. The topological polar surface area (TPSA) is 110 Å². The van der Waals surface area contributed by atoms with Crippen LogP contribution in [0.5, 0.6) is 0 Å². The number of carbonyl (C=O) groups excluding carboxylic acids is 1. The van der Waals surface area contributed by atoms with E-state index >= 15 is 0 Å². The molecule has 0 saturated heterocycles. The summed E-state index contributed by atoms with van der Waals surface area (Å²) in [4.78, 5) is 34.7. The molecule has 0 aliphatic heterocycles. The first kappa shape index (κ1) is 16.6. The summed E-state index contributed by atoms with van der Waals surface area (Å²) in [5.41, 5.74) is -0.793. The van der Waals surface area contributed by atoms with E-state index in [2.05, 4.69) is 0 Å². The number of amides is 1. The number of hydrogen-bond donors (Lipinski definition) is 1. The van der Waals surface area contributed by atoms with Gasteiger partial charge in [0.25, 0.3) is 11.6 Å². The summed E-state index contributed by atoms with van der Waals surface area (Å²) >= 11 is 0. The number of rotatable bonds is 6. The third kappa shape index (κ3) is 3.99. The lowest BCUT2D eigenvalue weighted by atomic mass is 10.1. The molecule has 0 bridgehead atoms. The van der Waals surface area contributed by atoms with Gasteiger partial charge in [-0.15, -0.1) is 0 Å². The van der Waals surface area contributed by atoms with Gasteiger partial charge in [0.1, 0.15) is 0 Å². The van der Waals surface area contributed by atoms with Crippen molar-refractivity contribution in [3.05, 3.63) is 39.4 Å². The smallest absolute Gasteiger partial charge is 0.335 e. The second kappa shape index (κ2) is 6.80. The van der Waals surface area contributed by atoms with Crippen LogP contribution in [0.1, 0.15) is 27.6 Å². The number of nitro benzene ring substituents is 1. The molecule has 0 aliphatic carbocycles. The Hall–Kier alpha value is -2.48. The van der Waals surface area contributed by atoms with E-state index in [1.165, 1.54) is 19.1 Å². The fourth-order valence-corrected chi connectivity index (χ4v) is 1.72. The number of carboxylic acids is 1. The molecule has 1 atom stereocenters. The zero-order valence-corrected chi connectivity index (χ0v) is 11.9. The summed E-state index contributed by atoms with van der Waals surface area (Å²) in [7, 11) is 3.01. The molecule has 0 saturated carbocycles. The fraction of sp³-hybridized carbons (Fsp3) is 0.385. The van der Waals surface area contributed by atoms with Crippen LogP contribution in [-0.2, 0) is 4.74 Å². The molecule has 0 spiro atoms. The van der Waals surface area contributed by atoms with E-state index in [1.54, 1.807) is 6.92 Å². The maximum atomic E-state index is 12.3. The van der Waals surface area contributed by atoms with Crippen molar-refractivity contribution in [2.75, 3.05) is 20.8 Å². The van der Waals surface area contributed by atoms with Crippen LogP contribution in [0, 0.1) is 10.1 Å². The van der Waals surface area contributed by atoms with Crippen molar-refractivity contribution in [3.63, 3.8) is 0 Å². The highest BCUT2D eigenvalue weighted by molar-refractivity contribution is 5.98. The summed E-state index contributed by atoms with van der Waals surface area (Å²) in [6.07, 6.45) is 0. The van der Waals surface area contributed by atoms with Crippen molar-refractivity contribution in [2.24, 2.45) is 0 Å². The quantitative estimate of drug-likeness (QED) is 0.627. The highest BCUT2D eigenvalue weighted by Crippen LogP contribution is 2.19. The Bertz CT molecular complexity index is 540. The largest absolute Gasteiger partial charge is 0.478 e. The van der Waals surface area contributed by atoms with E-state index in [0.717, 1.165) is 18.2 Å². The molecule has 114 valence electrons. The lowest BCUT2D eigenvalue weighted by molar-refractivity contribution is -0.384. The molecule has 8 nitrogen and oxygen atoms in total. The summed E-state index contributed by atoms with van der Waals surface area (Å²) in [6, 6.07) is 2.84. The number of aromatic carboxylic acids is 1. The molecule has 1 aromatic rings. The Labute approximate surface area is 121 Å². The van der Waals surface area contributed by atoms with Crippen molar-refractivity contribution in [1.82, 2.24) is 4.90 Å². The molecule has 1 N–H and O–H groups in total. The molecule has 1 rings (SSSR count). The van der Waals surface area contributed by atoms with Gasteiger partial charge < -0.3 is 14.7 Å². The predicted molar refractivity (Wildman–Crippen MR) is 73.5 cm³/mol. The molecule has 0 heterocycles. The molecule has 0 aromatic heterocycles. The molecule has 8 heteroatoms. The third-order valence-corrected chi connectivity index (χ3v) is 3.01. The van der Waals surface area contributed by atoms with Crippen LogP contribution in [0.25, 0.3) is 0 Å². The molecule has 21 heavy (non-hydrogen) atoms. The molecule has 1 aromatic carbocycles. The van der Waals surface area contributed by atoms with Gasteiger partial charge >= 0.3 is 5.97 Å². The van der Waals surface area contributed by atoms with E-state index in [-0.39, 0.29) is 17.2 Å². The number of nitrogens with zero attached hydrogens (tertiary/aromatic N) is 2. The van der Waals surface area contributed by atoms with Crippen LogP contribution in [0.3, 0.4) is 0 Å². The van der Waals surface area contributed by atoms with Gasteiger partial charge in [0.2, 0.25) is 0 Å². The molecular formula is C13H16N2O6. The van der Waals surface area contributed by atoms with Gasteiger partial charge in [-0.05, 0) is 13.0 Å². The maximum Gasteiger partial charge on any atom is 0.335 e. The Morgan fingerprint density at radius 3 is 2.43 bits per heavy atom. The molecular weight excluding hydrogens is 280 g/mol. The van der Waals surface area contributed by atoms with Crippen molar-refractivity contribution < 1.29 is 24.4 Å². The lowest BCUT2D eigenvalue weighted by Gasteiger charge is -2.24. The number of ether oxygens (including phenoxy) is 1. The van der Waals surface area contributed by atoms with E-state index < -0.39 is 22.5 Å². The molecule has 1 unspecified atom stereocenters. The first-order chi connectivity index (χ1) is 9.77. The van der Waals surface area contributed by atoms with Gasteiger partial charge in [0.05, 0.1) is 23.1 Å². The number of hydrogen-bond acceptors (Lipinski definition) is 5. The lowest BCUT2D eigenvalue weighted by Crippen LogP contribution is -2.37. The van der Waals surface area contributed by atoms with Crippen LogP contribution >= 0.6 is 0 Å². The van der Waals surface area contributed by atoms with Crippen LogP contribution < -0.4 is 0 Å². The Morgan fingerprint density at radius 2 is 1.95 bits per heavy atom. The average Bonchev–Trinajstić information content (AvgIpc) is 2.45. The standard InChI is InChI=1S/C13H16N2O6/c1-8(7-21-3)14(2)12(16)9-4-10(13(17)18)6-11(5-9)15(19)20/h4-6,8H,7H2,1-3H3,(H,17,18). The van der Waals surface area contributed by atoms with Crippen LogP contribution in [0.2, 0.25) is 0 Å². The number of nitro groups is 1. The number of non-ortho nitro benzene ring substituents is 1. The molecule has 1 amide bonds. The number of methoxy groups -OCH3 is 1. The van der Waals surface area contributed by atoms with Gasteiger partial charge in [-0.1, -0.05) is 0 Å².